The largest absolute Gasteiger partial charge is 0.494 e. The van der Waals surface area contributed by atoms with Crippen molar-refractivity contribution in [1.29, 1.82) is 0 Å². The number of ether oxygens (including phenoxy) is 1. The third kappa shape index (κ3) is 3.99. The first-order chi connectivity index (χ1) is 14.4. The van der Waals surface area contributed by atoms with Crippen LogP contribution in [0.25, 0.3) is 22.5 Å². The number of fused-ring (bicyclic) bond motifs is 1. The summed E-state index contributed by atoms with van der Waals surface area (Å²) in [4.78, 5) is 21.6. The Morgan fingerprint density at radius 3 is 2.87 bits per heavy atom. The molecule has 0 fully saturated rings. The Morgan fingerprint density at radius 1 is 1.27 bits per heavy atom. The Kier molecular flexibility index (Phi) is 5.41. The van der Waals surface area contributed by atoms with Gasteiger partial charge in [0, 0.05) is 41.5 Å². The van der Waals surface area contributed by atoms with E-state index in [1.807, 2.05) is 18.2 Å². The molecule has 0 radical (unpaired) electrons. The van der Waals surface area contributed by atoms with Gasteiger partial charge < -0.3 is 19.1 Å². The minimum Gasteiger partial charge on any atom is -0.494 e. The van der Waals surface area contributed by atoms with Gasteiger partial charge in [0.05, 0.1) is 7.11 Å². The molecule has 0 atom stereocenters. The van der Waals surface area contributed by atoms with Crippen molar-refractivity contribution in [2.45, 2.75) is 6.42 Å². The van der Waals surface area contributed by atoms with Gasteiger partial charge in [-0.3, -0.25) is 4.79 Å². The molecule has 0 unspecified atom stereocenters. The highest BCUT2D eigenvalue weighted by molar-refractivity contribution is 6.31. The molecule has 9 heteroatoms. The summed E-state index contributed by atoms with van der Waals surface area (Å²) in [5.74, 6) is 0.00510. The maximum absolute atomic E-state index is 13.8. The van der Waals surface area contributed by atoms with Crippen LogP contribution in [0.15, 0.2) is 47.0 Å². The summed E-state index contributed by atoms with van der Waals surface area (Å²) in [6.45, 7) is 0.341. The summed E-state index contributed by atoms with van der Waals surface area (Å²) in [5.41, 5.74) is 1.83. The number of hydrogen-bond acceptors (Lipinski definition) is 5. The highest BCUT2D eigenvalue weighted by Gasteiger charge is 2.16. The fraction of sp³-hybridized carbons (Fsp3) is 0.190. The van der Waals surface area contributed by atoms with Crippen molar-refractivity contribution >= 4 is 28.4 Å². The van der Waals surface area contributed by atoms with Crippen molar-refractivity contribution in [3.05, 3.63) is 64.7 Å². The van der Waals surface area contributed by atoms with E-state index in [4.69, 9.17) is 20.9 Å². The number of amides is 1. The maximum Gasteiger partial charge on any atom is 0.274 e. The Labute approximate surface area is 176 Å². The zero-order chi connectivity index (χ0) is 21.3. The van der Waals surface area contributed by atoms with E-state index >= 15 is 0 Å². The number of aromatic nitrogens is 3. The van der Waals surface area contributed by atoms with Gasteiger partial charge in [-0.15, -0.1) is 0 Å². The van der Waals surface area contributed by atoms with Crippen molar-refractivity contribution < 1.29 is 18.4 Å². The quantitative estimate of drug-likeness (QED) is 0.494. The van der Waals surface area contributed by atoms with Gasteiger partial charge in [0.25, 0.3) is 11.8 Å². The van der Waals surface area contributed by atoms with Crippen LogP contribution in [0, 0.1) is 5.82 Å². The van der Waals surface area contributed by atoms with E-state index in [9.17, 15) is 9.18 Å². The van der Waals surface area contributed by atoms with E-state index in [0.29, 0.717) is 35.4 Å². The van der Waals surface area contributed by atoms with Gasteiger partial charge >= 0.3 is 0 Å². The molecule has 0 aliphatic rings. The van der Waals surface area contributed by atoms with Crippen LogP contribution in [-0.4, -0.2) is 46.6 Å². The normalized spacial score (nSPS) is 11.1. The predicted molar refractivity (Wildman–Crippen MR) is 110 cm³/mol. The van der Waals surface area contributed by atoms with Crippen LogP contribution in [0.1, 0.15) is 16.2 Å². The van der Waals surface area contributed by atoms with Crippen molar-refractivity contribution in [3.63, 3.8) is 0 Å². The lowest BCUT2D eigenvalue weighted by Crippen LogP contribution is -2.29. The Balaban J connectivity index is 1.42. The summed E-state index contributed by atoms with van der Waals surface area (Å²) in [5, 5.41) is 5.56. The zero-order valence-electron chi connectivity index (χ0n) is 16.3. The molecule has 4 aromatic rings. The number of rotatable bonds is 6. The number of benzene rings is 2. The summed E-state index contributed by atoms with van der Waals surface area (Å²) >= 11 is 6.02. The number of nitrogens with one attached hydrogen (secondary N) is 1. The Morgan fingerprint density at radius 2 is 2.10 bits per heavy atom. The van der Waals surface area contributed by atoms with E-state index in [2.05, 4.69) is 15.1 Å². The molecule has 1 N–H and O–H groups in total. The molecule has 0 bridgehead atoms. The molecule has 0 saturated heterocycles. The van der Waals surface area contributed by atoms with Gasteiger partial charge in [-0.05, 0) is 42.5 Å². The van der Waals surface area contributed by atoms with E-state index in [0.717, 1.165) is 17.0 Å². The van der Waals surface area contributed by atoms with Gasteiger partial charge in [-0.25, -0.2) is 4.39 Å². The van der Waals surface area contributed by atoms with Crippen molar-refractivity contribution in [3.8, 4) is 17.3 Å². The predicted octanol–water partition coefficient (Wildman–Crippen LogP) is 4.33. The lowest BCUT2D eigenvalue weighted by molar-refractivity contribution is 0.0795. The molecule has 154 valence electrons. The summed E-state index contributed by atoms with van der Waals surface area (Å²) < 4.78 is 24.1. The molecule has 0 saturated carbocycles. The Hall–Kier alpha value is -3.39. The van der Waals surface area contributed by atoms with Crippen molar-refractivity contribution in [2.24, 2.45) is 0 Å². The molecule has 2 aromatic carbocycles. The third-order valence-electron chi connectivity index (χ3n) is 4.70. The Bertz CT molecular complexity index is 1220. The van der Waals surface area contributed by atoms with Crippen molar-refractivity contribution in [2.75, 3.05) is 20.7 Å². The lowest BCUT2D eigenvalue weighted by atomic mass is 10.2. The topological polar surface area (TPSA) is 84.2 Å². The molecule has 30 heavy (non-hydrogen) atoms. The number of aromatic amines is 1. The molecule has 2 heterocycles. The third-order valence-corrected chi connectivity index (χ3v) is 4.93. The van der Waals surface area contributed by atoms with Gasteiger partial charge in [-0.1, -0.05) is 16.8 Å². The number of H-pyrrole nitrogens is 1. The van der Waals surface area contributed by atoms with Crippen LogP contribution in [0.3, 0.4) is 0 Å². The van der Waals surface area contributed by atoms with Crippen LogP contribution in [0.4, 0.5) is 4.39 Å². The SMILES string of the molecule is COc1ccc(C(=O)N(C)CCc2noc(-c3cc4cc(Cl)ccc4[nH]3)n2)cc1F. The number of nitrogens with zero attached hydrogens (tertiary/aromatic N) is 3. The molecule has 0 aliphatic carbocycles. The van der Waals surface area contributed by atoms with E-state index < -0.39 is 5.82 Å². The van der Waals surface area contributed by atoms with Crippen LogP contribution in [0.2, 0.25) is 5.02 Å². The molecular formula is C21H18ClFN4O3. The van der Waals surface area contributed by atoms with Crippen LogP contribution in [-0.2, 0) is 6.42 Å². The molecule has 0 spiro atoms. The monoisotopic (exact) mass is 428 g/mol. The second kappa shape index (κ2) is 8.16. The van der Waals surface area contributed by atoms with E-state index in [-0.39, 0.29) is 17.2 Å². The van der Waals surface area contributed by atoms with Crippen molar-refractivity contribution in [1.82, 2.24) is 20.0 Å². The second-order valence-electron chi connectivity index (χ2n) is 6.76. The zero-order valence-corrected chi connectivity index (χ0v) is 17.0. The standard InChI is InChI=1S/C21H18ClFN4O3/c1-27(21(28)12-3-6-18(29-2)15(23)10-12)8-7-19-25-20(30-26-19)17-11-13-9-14(22)4-5-16(13)24-17/h3-6,9-11,24H,7-8H2,1-2H3. The minimum atomic E-state index is -0.584. The molecule has 0 aliphatic heterocycles. The van der Waals surface area contributed by atoms with Gasteiger partial charge in [0.1, 0.15) is 5.69 Å². The highest BCUT2D eigenvalue weighted by atomic mass is 35.5. The molecule has 2 aromatic heterocycles. The summed E-state index contributed by atoms with van der Waals surface area (Å²) in [6, 6.07) is 11.5. The summed E-state index contributed by atoms with van der Waals surface area (Å²) in [7, 11) is 3.00. The molecular weight excluding hydrogens is 411 g/mol. The smallest absolute Gasteiger partial charge is 0.274 e. The maximum atomic E-state index is 13.8. The average molecular weight is 429 g/mol. The number of carbonyl (C=O) groups is 1. The van der Waals surface area contributed by atoms with Gasteiger partial charge in [0.2, 0.25) is 0 Å². The van der Waals surface area contributed by atoms with E-state index in [1.54, 1.807) is 13.1 Å². The van der Waals surface area contributed by atoms with Crippen LogP contribution >= 0.6 is 11.6 Å². The minimum absolute atomic E-state index is 0.0905. The fourth-order valence-corrected chi connectivity index (χ4v) is 3.25. The number of hydrogen-bond donors (Lipinski definition) is 1. The van der Waals surface area contributed by atoms with Crippen LogP contribution < -0.4 is 4.74 Å². The van der Waals surface area contributed by atoms with Gasteiger partial charge in [-0.2, -0.15) is 4.98 Å². The molecule has 1 amide bonds. The summed E-state index contributed by atoms with van der Waals surface area (Å²) in [6.07, 6.45) is 0.385. The fourth-order valence-electron chi connectivity index (χ4n) is 3.07. The van der Waals surface area contributed by atoms with Crippen LogP contribution in [0.5, 0.6) is 5.75 Å². The number of halogens is 2. The van der Waals surface area contributed by atoms with Gasteiger partial charge in [0.15, 0.2) is 17.4 Å². The first kappa shape index (κ1) is 19.9. The second-order valence-corrected chi connectivity index (χ2v) is 7.19. The van der Waals surface area contributed by atoms with E-state index in [1.165, 1.54) is 24.1 Å². The first-order valence-electron chi connectivity index (χ1n) is 9.15. The first-order valence-corrected chi connectivity index (χ1v) is 9.52. The highest BCUT2D eigenvalue weighted by Crippen LogP contribution is 2.25. The lowest BCUT2D eigenvalue weighted by Gasteiger charge is -2.16. The number of likely N-dealkylation sites (N-methyl/N-ethyl adjacent to an activating group) is 1. The average Bonchev–Trinajstić information content (AvgIpc) is 3.37. The number of carbonyl (C=O) groups excluding carboxylic acids is 1. The molecule has 7 nitrogen and oxygen atoms in total. The molecule has 4 rings (SSSR count). The number of methoxy groups -OCH3 is 1.